The molecule has 138 valence electrons. The molecule has 25 heavy (non-hydrogen) atoms. The van der Waals surface area contributed by atoms with E-state index in [9.17, 15) is 4.79 Å². The van der Waals surface area contributed by atoms with Crippen molar-refractivity contribution in [3.8, 4) is 0 Å². The van der Waals surface area contributed by atoms with E-state index >= 15 is 0 Å². The molecule has 1 aromatic rings. The largest absolute Gasteiger partial charge is 0.376 e. The first-order valence-corrected chi connectivity index (χ1v) is 9.23. The molecule has 3 N–H and O–H groups in total. The van der Waals surface area contributed by atoms with Crippen LogP contribution in [0.3, 0.4) is 0 Å². The molecule has 1 saturated heterocycles. The number of benzene rings is 1. The lowest BCUT2D eigenvalue weighted by molar-refractivity contribution is 0.0857. The molecule has 6 nitrogen and oxygen atoms in total. The van der Waals surface area contributed by atoms with Gasteiger partial charge in [0.25, 0.3) is 5.91 Å². The Balaban J connectivity index is 1.91. The number of carbonyl (C=O) groups is 1. The highest BCUT2D eigenvalue weighted by Gasteiger charge is 2.16. The number of guanidine groups is 1. The zero-order valence-electron chi connectivity index (χ0n) is 15.3. The lowest BCUT2D eigenvalue weighted by atomic mass is 10.1. The minimum Gasteiger partial charge on any atom is -0.376 e. The van der Waals surface area contributed by atoms with Crippen LogP contribution in [-0.4, -0.2) is 44.2 Å². The molecule has 1 heterocycles. The van der Waals surface area contributed by atoms with Crippen molar-refractivity contribution in [1.29, 1.82) is 0 Å². The van der Waals surface area contributed by atoms with Crippen LogP contribution in [0.15, 0.2) is 29.3 Å². The standard InChI is InChI=1S/C19H30N4O2/c1-3-10-21-19(20-4-2)23-13-15-7-5-8-16(12-15)18(24)22-14-17-9-6-11-25-17/h5,7-8,12,17H,3-4,6,9-11,13-14H2,1-2H3,(H,22,24)(H2,20,21,23). The predicted octanol–water partition coefficient (Wildman–Crippen LogP) is 2.06. The van der Waals surface area contributed by atoms with Gasteiger partial charge in [0.2, 0.25) is 0 Å². The van der Waals surface area contributed by atoms with Gasteiger partial charge in [-0.15, -0.1) is 0 Å². The number of rotatable bonds is 8. The van der Waals surface area contributed by atoms with Gasteiger partial charge in [0, 0.05) is 31.8 Å². The summed E-state index contributed by atoms with van der Waals surface area (Å²) < 4.78 is 5.54. The van der Waals surface area contributed by atoms with E-state index in [0.717, 1.165) is 50.5 Å². The minimum atomic E-state index is -0.0580. The summed E-state index contributed by atoms with van der Waals surface area (Å²) in [5.41, 5.74) is 1.68. The van der Waals surface area contributed by atoms with Gasteiger partial charge in [-0.25, -0.2) is 4.99 Å². The van der Waals surface area contributed by atoms with Gasteiger partial charge in [0.1, 0.15) is 0 Å². The Bertz CT molecular complexity index is 568. The van der Waals surface area contributed by atoms with Gasteiger partial charge in [-0.1, -0.05) is 19.1 Å². The normalized spacial score (nSPS) is 17.4. The van der Waals surface area contributed by atoms with E-state index in [1.54, 1.807) is 0 Å². The van der Waals surface area contributed by atoms with Gasteiger partial charge in [0.05, 0.1) is 12.6 Å². The molecule has 0 spiro atoms. The summed E-state index contributed by atoms with van der Waals surface area (Å²) in [5.74, 6) is 0.745. The van der Waals surface area contributed by atoms with Gasteiger partial charge in [-0.3, -0.25) is 4.79 Å². The van der Waals surface area contributed by atoms with Crippen molar-refractivity contribution in [2.75, 3.05) is 26.2 Å². The van der Waals surface area contributed by atoms with Gasteiger partial charge in [-0.2, -0.15) is 0 Å². The first-order chi connectivity index (χ1) is 12.2. The second kappa shape index (κ2) is 10.7. The first-order valence-electron chi connectivity index (χ1n) is 9.23. The van der Waals surface area contributed by atoms with E-state index in [-0.39, 0.29) is 12.0 Å². The molecule has 0 radical (unpaired) electrons. The molecule has 1 unspecified atom stereocenters. The Morgan fingerprint density at radius 1 is 1.28 bits per heavy atom. The van der Waals surface area contributed by atoms with Gasteiger partial charge in [-0.05, 0) is 43.9 Å². The minimum absolute atomic E-state index is 0.0580. The summed E-state index contributed by atoms with van der Waals surface area (Å²) >= 11 is 0. The van der Waals surface area contributed by atoms with E-state index in [1.165, 1.54) is 0 Å². The van der Waals surface area contributed by atoms with Crippen LogP contribution in [0.1, 0.15) is 49.0 Å². The van der Waals surface area contributed by atoms with Crippen molar-refractivity contribution in [3.63, 3.8) is 0 Å². The van der Waals surface area contributed by atoms with E-state index in [0.29, 0.717) is 18.7 Å². The van der Waals surface area contributed by atoms with Gasteiger partial charge < -0.3 is 20.7 Å². The maximum absolute atomic E-state index is 12.3. The Kier molecular flexibility index (Phi) is 8.25. The second-order valence-electron chi connectivity index (χ2n) is 6.17. The van der Waals surface area contributed by atoms with Crippen LogP contribution in [0.5, 0.6) is 0 Å². The lowest BCUT2D eigenvalue weighted by Crippen LogP contribution is -2.37. The van der Waals surface area contributed by atoms with E-state index in [2.05, 4.69) is 27.9 Å². The Morgan fingerprint density at radius 2 is 2.16 bits per heavy atom. The predicted molar refractivity (Wildman–Crippen MR) is 101 cm³/mol. The molecule has 1 aliphatic rings. The summed E-state index contributed by atoms with van der Waals surface area (Å²) in [5, 5.41) is 9.45. The Hall–Kier alpha value is -2.08. The number of nitrogens with zero attached hydrogens (tertiary/aromatic N) is 1. The molecule has 0 saturated carbocycles. The number of ether oxygens (including phenoxy) is 1. The van der Waals surface area contributed by atoms with Crippen molar-refractivity contribution in [2.45, 2.75) is 45.8 Å². The highest BCUT2D eigenvalue weighted by molar-refractivity contribution is 5.94. The molecule has 1 amide bonds. The van der Waals surface area contributed by atoms with E-state index in [1.807, 2.05) is 31.2 Å². The summed E-state index contributed by atoms with van der Waals surface area (Å²) in [6.07, 6.45) is 3.30. The third-order valence-electron chi connectivity index (χ3n) is 4.01. The van der Waals surface area contributed by atoms with E-state index in [4.69, 9.17) is 4.74 Å². The fourth-order valence-corrected chi connectivity index (χ4v) is 2.68. The molecule has 0 bridgehead atoms. The second-order valence-corrected chi connectivity index (χ2v) is 6.17. The Morgan fingerprint density at radius 3 is 2.88 bits per heavy atom. The quantitative estimate of drug-likeness (QED) is 0.497. The average molecular weight is 346 g/mol. The topological polar surface area (TPSA) is 74.8 Å². The first kappa shape index (κ1) is 19.2. The molecule has 0 aliphatic carbocycles. The number of aliphatic imine (C=N–C) groups is 1. The molecule has 6 heteroatoms. The zero-order chi connectivity index (χ0) is 17.9. The smallest absolute Gasteiger partial charge is 0.251 e. The third-order valence-corrected chi connectivity index (χ3v) is 4.01. The molecular formula is C19H30N4O2. The number of carbonyl (C=O) groups excluding carboxylic acids is 1. The van der Waals surface area contributed by atoms with Crippen molar-refractivity contribution < 1.29 is 9.53 Å². The lowest BCUT2D eigenvalue weighted by Gasteiger charge is -2.12. The average Bonchev–Trinajstić information content (AvgIpc) is 3.16. The molecule has 1 atom stereocenters. The highest BCUT2D eigenvalue weighted by Crippen LogP contribution is 2.11. The number of hydrogen-bond donors (Lipinski definition) is 3. The summed E-state index contributed by atoms with van der Waals surface area (Å²) in [6, 6.07) is 7.62. The highest BCUT2D eigenvalue weighted by atomic mass is 16.5. The third kappa shape index (κ3) is 6.74. The maximum atomic E-state index is 12.3. The van der Waals surface area contributed by atoms with Crippen LogP contribution in [0.25, 0.3) is 0 Å². The number of nitrogens with one attached hydrogen (secondary N) is 3. The number of hydrogen-bond acceptors (Lipinski definition) is 3. The number of amides is 1. The van der Waals surface area contributed by atoms with Crippen LogP contribution < -0.4 is 16.0 Å². The molecule has 2 rings (SSSR count). The summed E-state index contributed by atoms with van der Waals surface area (Å²) in [7, 11) is 0. The monoisotopic (exact) mass is 346 g/mol. The van der Waals surface area contributed by atoms with Crippen molar-refractivity contribution in [2.24, 2.45) is 4.99 Å². The van der Waals surface area contributed by atoms with Crippen LogP contribution in [-0.2, 0) is 11.3 Å². The van der Waals surface area contributed by atoms with Crippen LogP contribution in [0.4, 0.5) is 0 Å². The SMILES string of the molecule is CCCNC(=NCc1cccc(C(=O)NCC2CCCO2)c1)NCC. The van der Waals surface area contributed by atoms with Crippen LogP contribution in [0.2, 0.25) is 0 Å². The van der Waals surface area contributed by atoms with E-state index < -0.39 is 0 Å². The van der Waals surface area contributed by atoms with Crippen LogP contribution >= 0.6 is 0 Å². The Labute approximate surface area is 150 Å². The zero-order valence-corrected chi connectivity index (χ0v) is 15.3. The fourth-order valence-electron chi connectivity index (χ4n) is 2.68. The summed E-state index contributed by atoms with van der Waals surface area (Å²) in [6.45, 7) is 7.78. The van der Waals surface area contributed by atoms with Crippen molar-refractivity contribution in [3.05, 3.63) is 35.4 Å². The molecule has 1 aliphatic heterocycles. The van der Waals surface area contributed by atoms with Gasteiger partial charge >= 0.3 is 0 Å². The molecule has 1 aromatic carbocycles. The fraction of sp³-hybridized carbons (Fsp3) is 0.579. The molecular weight excluding hydrogens is 316 g/mol. The summed E-state index contributed by atoms with van der Waals surface area (Å²) in [4.78, 5) is 16.9. The molecule has 0 aromatic heterocycles. The maximum Gasteiger partial charge on any atom is 0.251 e. The van der Waals surface area contributed by atoms with Crippen molar-refractivity contribution >= 4 is 11.9 Å². The van der Waals surface area contributed by atoms with Gasteiger partial charge in [0.15, 0.2) is 5.96 Å². The van der Waals surface area contributed by atoms with Crippen LogP contribution in [0, 0.1) is 0 Å². The van der Waals surface area contributed by atoms with Crippen molar-refractivity contribution in [1.82, 2.24) is 16.0 Å². The molecule has 1 fully saturated rings.